The maximum Gasteiger partial charge on any atom is 0.226 e. The first-order chi connectivity index (χ1) is 18.5. The van der Waals surface area contributed by atoms with Crippen LogP contribution in [0.4, 0.5) is 0 Å². The SMILES string of the molecule is C/C=C\c1nc(C2CCN(C)CC2)sc1C.CC.CCN(CC(C)C)C(=O)CC(O)NCC=NC(C)=C(C)C. The number of aryl methyl sites for hydroxylation is 1. The number of rotatable bonds is 11. The number of aliphatic imine (C=N–C) groups is 1. The molecule has 0 aromatic carbocycles. The van der Waals surface area contributed by atoms with Crippen molar-refractivity contribution < 1.29 is 9.90 Å². The van der Waals surface area contributed by atoms with Crippen LogP contribution in [-0.4, -0.2) is 78.0 Å². The van der Waals surface area contributed by atoms with E-state index in [2.05, 4.69) is 55.2 Å². The molecule has 1 aliphatic rings. The topological polar surface area (TPSA) is 81.1 Å². The van der Waals surface area contributed by atoms with Crippen LogP contribution in [0, 0.1) is 12.8 Å². The molecular formula is C31H57N5O2S. The summed E-state index contributed by atoms with van der Waals surface area (Å²) >= 11 is 1.88. The van der Waals surface area contributed by atoms with E-state index in [1.807, 2.05) is 59.8 Å². The summed E-state index contributed by atoms with van der Waals surface area (Å²) in [6, 6.07) is 0. The van der Waals surface area contributed by atoms with Crippen LogP contribution in [0.15, 0.2) is 22.3 Å². The number of carbonyl (C=O) groups excluding carboxylic acids is 1. The molecule has 2 rings (SSSR count). The molecule has 1 atom stereocenters. The van der Waals surface area contributed by atoms with Crippen LogP contribution in [0.2, 0.25) is 0 Å². The van der Waals surface area contributed by atoms with Crippen LogP contribution in [-0.2, 0) is 4.79 Å². The van der Waals surface area contributed by atoms with Gasteiger partial charge in [-0.2, -0.15) is 0 Å². The first kappa shape index (κ1) is 37.1. The molecular weight excluding hydrogens is 506 g/mol. The molecule has 0 saturated carbocycles. The Balaban J connectivity index is 0.000000713. The molecule has 2 heterocycles. The smallest absolute Gasteiger partial charge is 0.226 e. The summed E-state index contributed by atoms with van der Waals surface area (Å²) in [6.45, 7) is 24.5. The molecule has 1 aromatic rings. The fourth-order valence-corrected chi connectivity index (χ4v) is 4.97. The summed E-state index contributed by atoms with van der Waals surface area (Å²) in [4.78, 5) is 26.6. The minimum atomic E-state index is -0.836. The number of thiazole rings is 1. The van der Waals surface area contributed by atoms with Gasteiger partial charge in [0.1, 0.15) is 6.23 Å². The predicted molar refractivity (Wildman–Crippen MR) is 171 cm³/mol. The quantitative estimate of drug-likeness (QED) is 0.237. The van der Waals surface area contributed by atoms with E-state index in [9.17, 15) is 9.90 Å². The van der Waals surface area contributed by atoms with Gasteiger partial charge in [-0.05, 0) is 86.5 Å². The molecule has 0 bridgehead atoms. The van der Waals surface area contributed by atoms with Crippen LogP contribution in [0.1, 0.15) is 103 Å². The maximum atomic E-state index is 12.0. The summed E-state index contributed by atoms with van der Waals surface area (Å²) in [7, 11) is 2.20. The Hall–Kier alpha value is -1.87. The van der Waals surface area contributed by atoms with Gasteiger partial charge < -0.3 is 14.9 Å². The highest BCUT2D eigenvalue weighted by Gasteiger charge is 2.21. The van der Waals surface area contributed by atoms with Crippen LogP contribution >= 0.6 is 11.3 Å². The van der Waals surface area contributed by atoms with Crippen molar-refractivity contribution in [1.29, 1.82) is 0 Å². The summed E-state index contributed by atoms with van der Waals surface area (Å²) in [5.74, 6) is 1.10. The largest absolute Gasteiger partial charge is 0.378 e. The van der Waals surface area contributed by atoms with Crippen molar-refractivity contribution in [2.75, 3.05) is 39.8 Å². The number of aliphatic hydroxyl groups is 1. The Morgan fingerprint density at radius 2 is 1.87 bits per heavy atom. The average molecular weight is 564 g/mol. The van der Waals surface area contributed by atoms with Gasteiger partial charge in [-0.25, -0.2) is 4.98 Å². The number of hydrogen-bond acceptors (Lipinski definition) is 7. The lowest BCUT2D eigenvalue weighted by Crippen LogP contribution is -2.40. The van der Waals surface area contributed by atoms with Gasteiger partial charge in [0.2, 0.25) is 5.91 Å². The molecule has 0 aliphatic carbocycles. The van der Waals surface area contributed by atoms with Crippen molar-refractivity contribution >= 4 is 29.5 Å². The third-order valence-corrected chi connectivity index (χ3v) is 7.53. The maximum absolute atomic E-state index is 12.0. The Bertz CT molecular complexity index is 895. The first-order valence-corrected chi connectivity index (χ1v) is 15.4. The van der Waals surface area contributed by atoms with Crippen molar-refractivity contribution in [1.82, 2.24) is 20.1 Å². The van der Waals surface area contributed by atoms with Crippen molar-refractivity contribution in [3.63, 3.8) is 0 Å². The monoisotopic (exact) mass is 563 g/mol. The second-order valence-corrected chi connectivity index (χ2v) is 11.7. The van der Waals surface area contributed by atoms with E-state index in [-0.39, 0.29) is 12.3 Å². The number of nitrogens with one attached hydrogen (secondary N) is 1. The molecule has 39 heavy (non-hydrogen) atoms. The summed E-state index contributed by atoms with van der Waals surface area (Å²) < 4.78 is 0. The van der Waals surface area contributed by atoms with Gasteiger partial charge in [-0.3, -0.25) is 15.1 Å². The van der Waals surface area contributed by atoms with E-state index in [0.29, 0.717) is 24.9 Å². The molecule has 7 nitrogen and oxygen atoms in total. The van der Waals surface area contributed by atoms with Crippen molar-refractivity contribution in [3.8, 4) is 0 Å². The number of piperidine rings is 1. The molecule has 224 valence electrons. The van der Waals surface area contributed by atoms with Gasteiger partial charge in [-0.15, -0.1) is 11.3 Å². The highest BCUT2D eigenvalue weighted by atomic mass is 32.1. The number of aliphatic hydroxyl groups excluding tert-OH is 1. The molecule has 0 spiro atoms. The van der Waals surface area contributed by atoms with Gasteiger partial charge in [0.25, 0.3) is 0 Å². The zero-order valence-corrected chi connectivity index (χ0v) is 27.5. The lowest BCUT2D eigenvalue weighted by Gasteiger charge is -2.27. The van der Waals surface area contributed by atoms with Gasteiger partial charge in [0, 0.05) is 42.3 Å². The Labute approximate surface area is 243 Å². The molecule has 1 amide bonds. The van der Waals surface area contributed by atoms with Crippen LogP contribution < -0.4 is 5.32 Å². The van der Waals surface area contributed by atoms with E-state index in [0.717, 1.165) is 17.8 Å². The van der Waals surface area contributed by atoms with Crippen LogP contribution in [0.25, 0.3) is 6.08 Å². The van der Waals surface area contributed by atoms with Crippen molar-refractivity contribution in [2.45, 2.75) is 101 Å². The number of nitrogens with zero attached hydrogens (tertiary/aromatic N) is 4. The lowest BCUT2D eigenvalue weighted by molar-refractivity contribution is -0.133. The number of aromatic nitrogens is 1. The van der Waals surface area contributed by atoms with Crippen LogP contribution in [0.5, 0.6) is 0 Å². The lowest BCUT2D eigenvalue weighted by atomic mass is 9.98. The molecule has 0 radical (unpaired) electrons. The number of carbonyl (C=O) groups is 1. The zero-order chi connectivity index (χ0) is 30.0. The van der Waals surface area contributed by atoms with Crippen molar-refractivity contribution in [3.05, 3.63) is 32.9 Å². The number of hydrogen-bond donors (Lipinski definition) is 2. The minimum absolute atomic E-state index is 0.0244. The van der Waals surface area contributed by atoms with Gasteiger partial charge in [0.15, 0.2) is 0 Å². The minimum Gasteiger partial charge on any atom is -0.378 e. The second kappa shape index (κ2) is 21.0. The second-order valence-electron chi connectivity index (χ2n) is 10.4. The molecule has 1 aromatic heterocycles. The fraction of sp³-hybridized carbons (Fsp3) is 0.710. The summed E-state index contributed by atoms with van der Waals surface area (Å²) in [6.07, 6.45) is 7.68. The average Bonchev–Trinajstić information content (AvgIpc) is 3.26. The molecule has 1 unspecified atom stereocenters. The number of likely N-dealkylation sites (tertiary alicyclic amines) is 1. The number of allylic oxidation sites excluding steroid dienone is 3. The Morgan fingerprint density at radius 3 is 2.38 bits per heavy atom. The van der Waals surface area contributed by atoms with E-state index in [4.69, 9.17) is 4.98 Å². The third-order valence-electron chi connectivity index (χ3n) is 6.38. The van der Waals surface area contributed by atoms with Crippen LogP contribution in [0.3, 0.4) is 0 Å². The van der Waals surface area contributed by atoms with E-state index in [1.54, 1.807) is 11.1 Å². The zero-order valence-electron chi connectivity index (χ0n) is 26.7. The summed E-state index contributed by atoms with van der Waals surface area (Å²) in [5.41, 5.74) is 3.30. The van der Waals surface area contributed by atoms with Gasteiger partial charge in [0.05, 0.1) is 17.1 Å². The highest BCUT2D eigenvalue weighted by molar-refractivity contribution is 7.11. The first-order valence-electron chi connectivity index (χ1n) is 14.6. The van der Waals surface area contributed by atoms with Crippen molar-refractivity contribution in [2.24, 2.45) is 10.9 Å². The van der Waals surface area contributed by atoms with E-state index >= 15 is 0 Å². The molecule has 1 fully saturated rings. The summed E-state index contributed by atoms with van der Waals surface area (Å²) in [5, 5.41) is 14.1. The Morgan fingerprint density at radius 1 is 1.26 bits per heavy atom. The molecule has 1 aliphatic heterocycles. The highest BCUT2D eigenvalue weighted by Crippen LogP contribution is 2.32. The molecule has 2 N–H and O–H groups in total. The van der Waals surface area contributed by atoms with Gasteiger partial charge in [-0.1, -0.05) is 39.3 Å². The predicted octanol–water partition coefficient (Wildman–Crippen LogP) is 6.49. The third kappa shape index (κ3) is 15.5. The molecule has 8 heteroatoms. The molecule has 1 saturated heterocycles. The van der Waals surface area contributed by atoms with Gasteiger partial charge >= 0.3 is 0 Å². The standard InChI is InChI=1S/C16H31N3O2.C13H20N2S.C2H6/c1-7-19(11-12(2)3)16(21)10-15(20)18-9-8-17-14(6)13(4)5;1-4-5-12-10(2)16-13(14-12)11-6-8-15(3)9-7-11;1-2/h8,12,15,18,20H,7,9-11H2,1-6H3;4-5,11H,6-9H2,1-3H3;1-2H3/b;5-4-;. The fourth-order valence-electron chi connectivity index (χ4n) is 3.89. The normalized spacial score (nSPS) is 15.1. The van der Waals surface area contributed by atoms with E-state index < -0.39 is 6.23 Å². The van der Waals surface area contributed by atoms with E-state index in [1.165, 1.54) is 41.5 Å². The Kier molecular flexibility index (Phi) is 19.9. The number of amides is 1.